The molecule has 1 atom stereocenters. The molecule has 21 heavy (non-hydrogen) atoms. The third-order valence-electron chi connectivity index (χ3n) is 3.93. The van der Waals surface area contributed by atoms with Crippen molar-refractivity contribution in [3.63, 3.8) is 0 Å². The number of amides is 2. The monoisotopic (exact) mass is 307 g/mol. The van der Waals surface area contributed by atoms with E-state index in [0.717, 1.165) is 25.9 Å². The van der Waals surface area contributed by atoms with Crippen LogP contribution in [0.25, 0.3) is 0 Å². The van der Waals surface area contributed by atoms with Crippen molar-refractivity contribution in [3.8, 4) is 0 Å². The fourth-order valence-corrected chi connectivity index (χ4v) is 2.96. The maximum atomic E-state index is 12.5. The Hall–Kier alpha value is -1.43. The van der Waals surface area contributed by atoms with Crippen LogP contribution in [0.1, 0.15) is 25.7 Å². The zero-order chi connectivity index (χ0) is 14.8. The first-order valence-corrected chi connectivity index (χ1v) is 7.66. The summed E-state index contributed by atoms with van der Waals surface area (Å²) in [7, 11) is 0. The minimum absolute atomic E-state index is 0.170. The number of hydrogen-bond donors (Lipinski definition) is 1. The normalized spacial score (nSPS) is 23.9. The molecule has 2 aliphatic heterocycles. The minimum atomic E-state index is -0.453. The summed E-state index contributed by atoms with van der Waals surface area (Å²) in [5, 5.41) is 2.64. The van der Waals surface area contributed by atoms with Gasteiger partial charge in [0.15, 0.2) is 0 Å². The molecule has 0 aliphatic carbocycles. The first-order valence-electron chi connectivity index (χ1n) is 7.28. The summed E-state index contributed by atoms with van der Waals surface area (Å²) in [6.07, 6.45) is 3.69. The lowest BCUT2D eigenvalue weighted by Crippen LogP contribution is -2.50. The van der Waals surface area contributed by atoms with Crippen LogP contribution in [0.5, 0.6) is 0 Å². The molecule has 1 N–H and O–H groups in total. The molecule has 1 aromatic carbocycles. The number of nitrogens with one attached hydrogen (secondary N) is 1. The van der Waals surface area contributed by atoms with Gasteiger partial charge in [-0.1, -0.05) is 18.0 Å². The summed E-state index contributed by atoms with van der Waals surface area (Å²) in [5.41, 5.74) is 3.79. The molecule has 0 spiro atoms. The number of carbonyl (C=O) groups is 2. The van der Waals surface area contributed by atoms with Gasteiger partial charge in [0, 0.05) is 18.1 Å². The number of piperidine rings is 1. The predicted molar refractivity (Wildman–Crippen MR) is 80.9 cm³/mol. The van der Waals surface area contributed by atoms with Gasteiger partial charge in [-0.15, -0.1) is 0 Å². The van der Waals surface area contributed by atoms with Gasteiger partial charge in [0.2, 0.25) is 5.91 Å². The molecule has 2 fully saturated rings. The lowest BCUT2D eigenvalue weighted by atomic mass is 10.1. The summed E-state index contributed by atoms with van der Waals surface area (Å²) >= 11 is 5.84. The van der Waals surface area contributed by atoms with E-state index in [2.05, 4.69) is 10.4 Å². The van der Waals surface area contributed by atoms with Crippen LogP contribution in [0, 0.1) is 0 Å². The SMILES string of the molecule is O=C1CC(NN2CCCCC2)C(=O)N1c1ccc(Cl)cc1. The maximum Gasteiger partial charge on any atom is 0.252 e. The molecule has 0 aromatic heterocycles. The second-order valence-electron chi connectivity index (χ2n) is 5.48. The predicted octanol–water partition coefficient (Wildman–Crippen LogP) is 1.96. The number of hydrogen-bond acceptors (Lipinski definition) is 4. The van der Waals surface area contributed by atoms with Gasteiger partial charge in [-0.3, -0.25) is 9.59 Å². The van der Waals surface area contributed by atoms with Gasteiger partial charge in [-0.2, -0.15) is 0 Å². The standard InChI is InChI=1S/C15H18ClN3O2/c16-11-4-6-12(7-5-11)19-14(20)10-13(15(19)21)17-18-8-2-1-3-9-18/h4-7,13,17H,1-3,8-10H2. The Morgan fingerprint density at radius 1 is 1.05 bits per heavy atom. The number of nitrogens with zero attached hydrogens (tertiary/aromatic N) is 2. The van der Waals surface area contributed by atoms with E-state index in [4.69, 9.17) is 11.6 Å². The molecule has 3 rings (SSSR count). The molecule has 0 radical (unpaired) electrons. The first-order chi connectivity index (χ1) is 10.1. The zero-order valence-corrected chi connectivity index (χ0v) is 12.5. The number of benzene rings is 1. The third kappa shape index (κ3) is 3.10. The van der Waals surface area contributed by atoms with Gasteiger partial charge in [0.05, 0.1) is 12.1 Å². The summed E-state index contributed by atoms with van der Waals surface area (Å²) in [4.78, 5) is 25.8. The van der Waals surface area contributed by atoms with E-state index in [1.165, 1.54) is 11.3 Å². The number of rotatable bonds is 3. The highest BCUT2D eigenvalue weighted by atomic mass is 35.5. The van der Waals surface area contributed by atoms with Crippen molar-refractivity contribution in [1.82, 2.24) is 10.4 Å². The highest BCUT2D eigenvalue weighted by Gasteiger charge is 2.40. The van der Waals surface area contributed by atoms with Crippen molar-refractivity contribution < 1.29 is 9.59 Å². The van der Waals surface area contributed by atoms with E-state index < -0.39 is 6.04 Å². The lowest BCUT2D eigenvalue weighted by Gasteiger charge is -2.29. The number of carbonyl (C=O) groups excluding carboxylic acids is 2. The van der Waals surface area contributed by atoms with E-state index in [-0.39, 0.29) is 18.2 Å². The lowest BCUT2D eigenvalue weighted by molar-refractivity contribution is -0.122. The van der Waals surface area contributed by atoms with Crippen LogP contribution in [0.4, 0.5) is 5.69 Å². The summed E-state index contributed by atoms with van der Waals surface area (Å²) in [6.45, 7) is 1.86. The van der Waals surface area contributed by atoms with Crippen LogP contribution < -0.4 is 10.3 Å². The van der Waals surface area contributed by atoms with Gasteiger partial charge in [0.25, 0.3) is 5.91 Å². The summed E-state index contributed by atoms with van der Waals surface area (Å²) < 4.78 is 0. The second kappa shape index (κ2) is 6.13. The van der Waals surface area contributed by atoms with Crippen LogP contribution in [0.3, 0.4) is 0 Å². The maximum absolute atomic E-state index is 12.5. The highest BCUT2D eigenvalue weighted by Crippen LogP contribution is 2.24. The molecule has 1 aromatic rings. The van der Waals surface area contributed by atoms with E-state index in [1.807, 2.05) is 0 Å². The molecule has 112 valence electrons. The molecule has 2 amide bonds. The van der Waals surface area contributed by atoms with Gasteiger partial charge >= 0.3 is 0 Å². The Kier molecular flexibility index (Phi) is 4.24. The minimum Gasteiger partial charge on any atom is -0.274 e. The molecular formula is C15H18ClN3O2. The zero-order valence-electron chi connectivity index (χ0n) is 11.7. The van der Waals surface area contributed by atoms with Crippen molar-refractivity contribution >= 4 is 29.1 Å². The molecular weight excluding hydrogens is 290 g/mol. The summed E-state index contributed by atoms with van der Waals surface area (Å²) in [6, 6.07) is 6.31. The number of anilines is 1. The molecule has 0 saturated carbocycles. The number of imide groups is 1. The van der Waals surface area contributed by atoms with Gasteiger partial charge in [-0.25, -0.2) is 15.3 Å². The molecule has 1 unspecified atom stereocenters. The third-order valence-corrected chi connectivity index (χ3v) is 4.18. The molecule has 2 aliphatic rings. The second-order valence-corrected chi connectivity index (χ2v) is 5.91. The van der Waals surface area contributed by atoms with Crippen molar-refractivity contribution in [2.45, 2.75) is 31.7 Å². The molecule has 0 bridgehead atoms. The summed E-state index contributed by atoms with van der Waals surface area (Å²) in [5.74, 6) is -0.357. The van der Waals surface area contributed by atoms with Crippen molar-refractivity contribution in [3.05, 3.63) is 29.3 Å². The van der Waals surface area contributed by atoms with E-state index in [0.29, 0.717) is 10.7 Å². The first kappa shape index (κ1) is 14.5. The average Bonchev–Trinajstić information content (AvgIpc) is 2.76. The Morgan fingerprint density at radius 3 is 2.38 bits per heavy atom. The van der Waals surface area contributed by atoms with Gasteiger partial charge < -0.3 is 0 Å². The Bertz CT molecular complexity index is 540. The Morgan fingerprint density at radius 2 is 1.71 bits per heavy atom. The van der Waals surface area contributed by atoms with Crippen molar-refractivity contribution in [1.29, 1.82) is 0 Å². The van der Waals surface area contributed by atoms with Crippen LogP contribution in [0.2, 0.25) is 5.02 Å². The van der Waals surface area contributed by atoms with E-state index in [1.54, 1.807) is 24.3 Å². The molecule has 2 saturated heterocycles. The average molecular weight is 308 g/mol. The number of halogens is 1. The molecule has 6 heteroatoms. The van der Waals surface area contributed by atoms with Crippen LogP contribution in [-0.4, -0.2) is 36.0 Å². The fraction of sp³-hybridized carbons (Fsp3) is 0.467. The smallest absolute Gasteiger partial charge is 0.252 e. The Labute approximate surface area is 128 Å². The van der Waals surface area contributed by atoms with E-state index in [9.17, 15) is 9.59 Å². The topological polar surface area (TPSA) is 52.7 Å². The van der Waals surface area contributed by atoms with Crippen LogP contribution >= 0.6 is 11.6 Å². The van der Waals surface area contributed by atoms with Gasteiger partial charge in [-0.05, 0) is 37.1 Å². The Balaban J connectivity index is 1.71. The largest absolute Gasteiger partial charge is 0.274 e. The highest BCUT2D eigenvalue weighted by molar-refractivity contribution is 6.30. The fourth-order valence-electron chi connectivity index (χ4n) is 2.84. The quantitative estimate of drug-likeness (QED) is 0.867. The van der Waals surface area contributed by atoms with E-state index >= 15 is 0 Å². The molecule has 2 heterocycles. The van der Waals surface area contributed by atoms with Crippen LogP contribution in [0.15, 0.2) is 24.3 Å². The van der Waals surface area contributed by atoms with Crippen molar-refractivity contribution in [2.75, 3.05) is 18.0 Å². The van der Waals surface area contributed by atoms with Crippen molar-refractivity contribution in [2.24, 2.45) is 0 Å². The van der Waals surface area contributed by atoms with Crippen LogP contribution in [-0.2, 0) is 9.59 Å². The molecule has 5 nitrogen and oxygen atoms in total. The van der Waals surface area contributed by atoms with Gasteiger partial charge in [0.1, 0.15) is 6.04 Å². The number of hydrazine groups is 1.